The molecule has 2 bridgehead atoms. The van der Waals surface area contributed by atoms with Crippen molar-refractivity contribution < 1.29 is 36.9 Å². The first-order chi connectivity index (χ1) is 28.9. The highest BCUT2D eigenvalue weighted by molar-refractivity contribution is 6.18. The van der Waals surface area contributed by atoms with Crippen LogP contribution in [0.1, 0.15) is 50.5 Å². The van der Waals surface area contributed by atoms with Gasteiger partial charge >= 0.3 is 6.01 Å². The number of alkyl halides is 2. The molecule has 3 aliphatic carbocycles. The molecule has 0 amide bonds. The van der Waals surface area contributed by atoms with E-state index in [0.29, 0.717) is 51.8 Å². The van der Waals surface area contributed by atoms with E-state index in [4.69, 9.17) is 30.7 Å². The minimum Gasteiger partial charge on any atom is -0.507 e. The van der Waals surface area contributed by atoms with Crippen molar-refractivity contribution in [2.75, 3.05) is 58.6 Å². The average molecular weight is 828 g/mol. The van der Waals surface area contributed by atoms with Crippen molar-refractivity contribution in [1.82, 2.24) is 30.0 Å². The van der Waals surface area contributed by atoms with Gasteiger partial charge < -0.3 is 29.5 Å². The fourth-order valence-electron chi connectivity index (χ4n) is 10.7. The number of methoxy groups -OCH3 is 2. The van der Waals surface area contributed by atoms with Gasteiger partial charge in [0.1, 0.15) is 35.0 Å². The third-order valence-electron chi connectivity index (χ3n) is 14.1. The number of halogens is 4. The number of terminal acetylenes is 1. The van der Waals surface area contributed by atoms with E-state index in [1.165, 1.54) is 24.3 Å². The summed E-state index contributed by atoms with van der Waals surface area (Å²) in [5.74, 6) is -0.852. The van der Waals surface area contributed by atoms with Gasteiger partial charge in [0.25, 0.3) is 5.92 Å². The zero-order valence-electron chi connectivity index (χ0n) is 34.0. The maximum absolute atomic E-state index is 17.9. The maximum atomic E-state index is 17.9. The summed E-state index contributed by atoms with van der Waals surface area (Å²) in [7, 11) is 5.13. The summed E-state index contributed by atoms with van der Waals surface area (Å²) in [5, 5.41) is 21.1. The largest absolute Gasteiger partial charge is 0.507 e. The van der Waals surface area contributed by atoms with Crippen molar-refractivity contribution in [3.8, 4) is 35.2 Å². The number of likely N-dealkylation sites (tertiary alicyclic amines) is 1. The Morgan fingerprint density at radius 2 is 1.58 bits per heavy atom. The van der Waals surface area contributed by atoms with Gasteiger partial charge in [-0.05, 0) is 73.9 Å². The van der Waals surface area contributed by atoms with Gasteiger partial charge in [-0.25, -0.2) is 17.6 Å². The standard InChI is InChI=1S/C45H49F4N7O4/c1-5-30-31-9-11-35(57)36(32(31)8-10-34(30)46)38-39(47)41-37(33-18-54(2)53-40(33)38)42(56-27-6-7-28(56)17-55(16-27)29-14-25(15-29)20-59-4)52-43(51-41)60-23-44(21-45(44,48)49)22-50-26-12-24(13-26)19-58-3/h1,8-11,18,24-29,50,57H,6-7,12-17,19-23H2,2-4H3/t24?,25?,26?,27-,28+,29?,44-/m1/s1. The molecule has 2 N–H and O–H groups in total. The molecule has 316 valence electrons. The molecule has 2 saturated heterocycles. The maximum Gasteiger partial charge on any atom is 0.319 e. The molecule has 0 radical (unpaired) electrons. The number of nitrogens with zero attached hydrogens (tertiary/aromatic N) is 6. The molecule has 5 aromatic rings. The molecule has 4 heterocycles. The lowest BCUT2D eigenvalue weighted by Gasteiger charge is -2.49. The molecule has 3 aromatic carbocycles. The fraction of sp³-hybridized carbons (Fsp3) is 0.533. The van der Waals surface area contributed by atoms with Gasteiger partial charge in [-0.3, -0.25) is 9.58 Å². The van der Waals surface area contributed by atoms with Gasteiger partial charge in [0.2, 0.25) is 0 Å². The Balaban J connectivity index is 1.08. The third-order valence-corrected chi connectivity index (χ3v) is 14.1. The van der Waals surface area contributed by atoms with Crippen LogP contribution in [0, 0.1) is 41.2 Å². The lowest BCUT2D eigenvalue weighted by atomic mass is 9.79. The van der Waals surface area contributed by atoms with Gasteiger partial charge in [0.15, 0.2) is 5.82 Å². The van der Waals surface area contributed by atoms with Crippen LogP contribution in [-0.2, 0) is 16.5 Å². The van der Waals surface area contributed by atoms with Crippen molar-refractivity contribution in [2.45, 2.75) is 75.0 Å². The molecule has 2 aliphatic heterocycles. The van der Waals surface area contributed by atoms with Gasteiger partial charge in [-0.1, -0.05) is 12.0 Å². The molecule has 15 heteroatoms. The fourth-order valence-corrected chi connectivity index (χ4v) is 10.7. The molecule has 60 heavy (non-hydrogen) atoms. The quantitative estimate of drug-likeness (QED) is 0.0973. The highest BCUT2D eigenvalue weighted by Crippen LogP contribution is 2.60. The van der Waals surface area contributed by atoms with Crippen LogP contribution < -0.4 is 15.0 Å². The number of benzene rings is 3. The van der Waals surface area contributed by atoms with Crippen LogP contribution in [0.2, 0.25) is 0 Å². The number of anilines is 1. The van der Waals surface area contributed by atoms with E-state index >= 15 is 13.2 Å². The minimum absolute atomic E-state index is 0.0226. The highest BCUT2D eigenvalue weighted by Gasteiger charge is 2.71. The van der Waals surface area contributed by atoms with E-state index in [1.54, 1.807) is 32.1 Å². The van der Waals surface area contributed by atoms with E-state index < -0.39 is 23.0 Å². The number of rotatable bonds is 13. The summed E-state index contributed by atoms with van der Waals surface area (Å²) < 4.78 is 81.8. The van der Waals surface area contributed by atoms with Gasteiger partial charge in [-0.15, -0.1) is 6.42 Å². The Kier molecular flexibility index (Phi) is 9.66. The number of hydrogen-bond donors (Lipinski definition) is 2. The lowest BCUT2D eigenvalue weighted by Crippen LogP contribution is -2.59. The van der Waals surface area contributed by atoms with Crippen LogP contribution in [0.4, 0.5) is 23.4 Å². The Morgan fingerprint density at radius 3 is 2.25 bits per heavy atom. The van der Waals surface area contributed by atoms with Crippen LogP contribution in [0.5, 0.6) is 11.8 Å². The lowest BCUT2D eigenvalue weighted by molar-refractivity contribution is 0.0198. The van der Waals surface area contributed by atoms with Gasteiger partial charge in [0.05, 0.1) is 21.9 Å². The van der Waals surface area contributed by atoms with E-state index in [-0.39, 0.29) is 77.2 Å². The molecule has 0 spiro atoms. The van der Waals surface area contributed by atoms with E-state index in [9.17, 15) is 9.50 Å². The van der Waals surface area contributed by atoms with Crippen molar-refractivity contribution in [3.63, 3.8) is 0 Å². The first-order valence-electron chi connectivity index (χ1n) is 20.9. The van der Waals surface area contributed by atoms with E-state index in [2.05, 4.69) is 26.0 Å². The second-order valence-electron chi connectivity index (χ2n) is 17.9. The number of aromatic nitrogens is 4. The van der Waals surface area contributed by atoms with Crippen LogP contribution in [0.15, 0.2) is 30.5 Å². The molecule has 3 saturated carbocycles. The minimum atomic E-state index is -2.96. The van der Waals surface area contributed by atoms with Crippen molar-refractivity contribution in [1.29, 1.82) is 0 Å². The van der Waals surface area contributed by atoms with Crippen LogP contribution >= 0.6 is 0 Å². The van der Waals surface area contributed by atoms with Crippen LogP contribution in [0.3, 0.4) is 0 Å². The Labute approximate surface area is 345 Å². The number of phenolic OH excluding ortho intramolecular Hbond substituents is 1. The molecular weight excluding hydrogens is 779 g/mol. The summed E-state index contributed by atoms with van der Waals surface area (Å²) in [6.07, 6.45) is 12.8. The summed E-state index contributed by atoms with van der Waals surface area (Å²) in [4.78, 5) is 14.5. The number of phenols is 1. The number of hydrogen-bond acceptors (Lipinski definition) is 10. The first-order valence-corrected chi connectivity index (χ1v) is 20.9. The number of aryl methyl sites for hydroxylation is 1. The average Bonchev–Trinajstić information content (AvgIpc) is 3.37. The monoisotopic (exact) mass is 827 g/mol. The normalized spacial score (nSPS) is 28.3. The van der Waals surface area contributed by atoms with Crippen molar-refractivity contribution in [2.24, 2.45) is 24.3 Å². The van der Waals surface area contributed by atoms with Crippen LogP contribution in [-0.4, -0.2) is 114 Å². The summed E-state index contributed by atoms with van der Waals surface area (Å²) in [5.41, 5.74) is -1.34. The molecule has 10 rings (SSSR count). The Morgan fingerprint density at radius 1 is 0.900 bits per heavy atom. The zero-order valence-corrected chi connectivity index (χ0v) is 34.0. The molecule has 5 aliphatic rings. The zero-order chi connectivity index (χ0) is 41.7. The van der Waals surface area contributed by atoms with Gasteiger partial charge in [0, 0.05) is 107 Å². The molecular formula is C45H49F4N7O4. The second kappa shape index (κ2) is 14.7. The number of ether oxygens (including phenoxy) is 3. The van der Waals surface area contributed by atoms with Crippen LogP contribution in [0.25, 0.3) is 43.7 Å². The van der Waals surface area contributed by atoms with E-state index in [0.717, 1.165) is 58.2 Å². The number of nitrogens with one attached hydrogen (secondary N) is 1. The third kappa shape index (κ3) is 6.35. The second-order valence-corrected chi connectivity index (χ2v) is 17.9. The number of fused-ring (bicyclic) bond motifs is 6. The smallest absolute Gasteiger partial charge is 0.319 e. The summed E-state index contributed by atoms with van der Waals surface area (Å²) in [6.45, 7) is 2.68. The Bertz CT molecular complexity index is 2540. The Hall–Kier alpha value is -4.75. The first kappa shape index (κ1) is 39.4. The molecule has 3 atom stereocenters. The van der Waals surface area contributed by atoms with Gasteiger partial charge in [-0.2, -0.15) is 15.1 Å². The topological polar surface area (TPSA) is 110 Å². The molecule has 2 aromatic heterocycles. The molecule has 11 nitrogen and oxygen atoms in total. The number of aromatic hydroxyl groups is 1. The highest BCUT2D eigenvalue weighted by atomic mass is 19.3. The number of piperazine rings is 1. The predicted octanol–water partition coefficient (Wildman–Crippen LogP) is 6.80. The molecule has 0 unspecified atom stereocenters. The van der Waals surface area contributed by atoms with Crippen molar-refractivity contribution in [3.05, 3.63) is 47.7 Å². The SMILES string of the molecule is C#Cc1c(F)ccc2c(-c3c(F)c4nc(OC[C@]5(CNC6CC(COC)C6)CC5(F)F)nc(N5[C@@H]6CC[C@H]5CN(C5CC(COC)C5)C6)c4c4cn(C)nc34)c(O)ccc12. The summed E-state index contributed by atoms with van der Waals surface area (Å²) >= 11 is 0. The summed E-state index contributed by atoms with van der Waals surface area (Å²) in [6, 6.07) is 6.00. The van der Waals surface area contributed by atoms with E-state index in [1.807, 2.05) is 0 Å². The predicted molar refractivity (Wildman–Crippen MR) is 219 cm³/mol. The van der Waals surface area contributed by atoms with Crippen molar-refractivity contribution >= 4 is 38.4 Å². The molecule has 5 fully saturated rings.